The van der Waals surface area contributed by atoms with Gasteiger partial charge in [-0.15, -0.1) is 0 Å². The van der Waals surface area contributed by atoms with Crippen LogP contribution in [0.4, 0.5) is 11.5 Å². The number of pyridine rings is 1. The van der Waals surface area contributed by atoms with Crippen molar-refractivity contribution in [2.45, 2.75) is 30.6 Å². The fraction of sp³-hybridized carbons (Fsp3) is 0.500. The van der Waals surface area contributed by atoms with E-state index < -0.39 is 10.9 Å². The summed E-state index contributed by atoms with van der Waals surface area (Å²) < 4.78 is 0. The molecule has 1 aliphatic rings. The van der Waals surface area contributed by atoms with E-state index in [1.54, 1.807) is 11.8 Å². The summed E-state index contributed by atoms with van der Waals surface area (Å²) in [5, 5.41) is 23.4. The molecule has 0 amide bonds. The van der Waals surface area contributed by atoms with Gasteiger partial charge in [-0.3, -0.25) is 10.1 Å². The number of anilines is 1. The number of aromatic carboxylic acids is 1. The molecule has 1 aliphatic carbocycles. The first kappa shape index (κ1) is 14.6. The molecule has 0 saturated heterocycles. The maximum absolute atomic E-state index is 11.0. The Balaban J connectivity index is 2.22. The van der Waals surface area contributed by atoms with Gasteiger partial charge in [-0.1, -0.05) is 0 Å². The van der Waals surface area contributed by atoms with Crippen molar-refractivity contribution in [1.29, 1.82) is 0 Å². The topological polar surface area (TPSA) is 105 Å². The highest BCUT2D eigenvalue weighted by molar-refractivity contribution is 7.99. The lowest BCUT2D eigenvalue weighted by Gasteiger charge is -2.13. The fourth-order valence-electron chi connectivity index (χ4n) is 2.30. The van der Waals surface area contributed by atoms with E-state index >= 15 is 0 Å². The predicted octanol–water partition coefficient (Wildman–Crippen LogP) is 2.38. The minimum Gasteiger partial charge on any atom is -0.477 e. The van der Waals surface area contributed by atoms with Gasteiger partial charge in [0.25, 0.3) is 0 Å². The van der Waals surface area contributed by atoms with Gasteiger partial charge in [0.05, 0.1) is 4.92 Å². The highest BCUT2D eigenvalue weighted by Gasteiger charge is 2.27. The van der Waals surface area contributed by atoms with Gasteiger partial charge >= 0.3 is 11.7 Å². The third-order valence-corrected chi connectivity index (χ3v) is 4.44. The molecule has 0 radical (unpaired) electrons. The van der Waals surface area contributed by atoms with Crippen LogP contribution in [0.25, 0.3) is 0 Å². The average molecular weight is 297 g/mol. The van der Waals surface area contributed by atoms with Crippen LogP contribution in [0, 0.1) is 10.1 Å². The maximum atomic E-state index is 11.0. The Kier molecular flexibility index (Phi) is 4.43. The highest BCUT2D eigenvalue weighted by Crippen LogP contribution is 2.32. The lowest BCUT2D eigenvalue weighted by Crippen LogP contribution is -2.18. The number of carbonyl (C=O) groups is 1. The number of hydrogen-bond acceptors (Lipinski definition) is 6. The fourth-order valence-corrected chi connectivity index (χ4v) is 3.10. The molecule has 2 N–H and O–H groups in total. The van der Waals surface area contributed by atoms with Crippen molar-refractivity contribution in [2.24, 2.45) is 0 Å². The molecule has 0 aromatic carbocycles. The minimum absolute atomic E-state index is 0.0432. The largest absolute Gasteiger partial charge is 0.477 e. The molecule has 1 saturated carbocycles. The summed E-state index contributed by atoms with van der Waals surface area (Å²) in [6, 6.07) is 2.42. The second-order valence-corrected chi connectivity index (χ2v) is 5.78. The van der Waals surface area contributed by atoms with E-state index in [9.17, 15) is 14.9 Å². The zero-order valence-electron chi connectivity index (χ0n) is 10.9. The first-order valence-corrected chi connectivity index (χ1v) is 7.48. The van der Waals surface area contributed by atoms with Crippen LogP contribution in [-0.2, 0) is 0 Å². The molecule has 0 spiro atoms. The molecule has 7 nitrogen and oxygen atoms in total. The van der Waals surface area contributed by atoms with E-state index in [-0.39, 0.29) is 23.2 Å². The quantitative estimate of drug-likeness (QED) is 0.635. The maximum Gasteiger partial charge on any atom is 0.354 e. The lowest BCUT2D eigenvalue weighted by molar-refractivity contribution is -0.384. The first-order valence-electron chi connectivity index (χ1n) is 6.19. The number of nitro groups is 1. The number of nitrogens with zero attached hydrogens (tertiary/aromatic N) is 2. The van der Waals surface area contributed by atoms with E-state index in [0.717, 1.165) is 25.3 Å². The van der Waals surface area contributed by atoms with E-state index in [1.807, 2.05) is 6.26 Å². The Labute approximate surface area is 119 Å². The molecule has 1 aromatic rings. The zero-order valence-corrected chi connectivity index (χ0v) is 11.7. The van der Waals surface area contributed by atoms with Crippen molar-refractivity contribution in [3.63, 3.8) is 0 Å². The number of hydrogen-bond donors (Lipinski definition) is 2. The molecule has 1 fully saturated rings. The smallest absolute Gasteiger partial charge is 0.354 e. The lowest BCUT2D eigenvalue weighted by atomic mass is 10.2. The molecule has 20 heavy (non-hydrogen) atoms. The number of carboxylic acid groups (broad SMARTS) is 1. The van der Waals surface area contributed by atoms with E-state index in [0.29, 0.717) is 5.25 Å². The minimum atomic E-state index is -1.20. The molecule has 2 atom stereocenters. The SMILES string of the molecule is CSC1CCC(Nc2nc(C(=O)O)ccc2[N+](=O)[O-])C1. The molecule has 2 rings (SSSR count). The van der Waals surface area contributed by atoms with Crippen LogP contribution in [0.1, 0.15) is 29.8 Å². The van der Waals surface area contributed by atoms with Gasteiger partial charge in [0.15, 0.2) is 5.69 Å². The summed E-state index contributed by atoms with van der Waals surface area (Å²) in [4.78, 5) is 25.2. The van der Waals surface area contributed by atoms with Crippen LogP contribution in [0.5, 0.6) is 0 Å². The second-order valence-electron chi connectivity index (χ2n) is 4.64. The Bertz CT molecular complexity index is 537. The third-order valence-electron chi connectivity index (χ3n) is 3.35. The van der Waals surface area contributed by atoms with Crippen LogP contribution in [0.3, 0.4) is 0 Å². The normalized spacial score (nSPS) is 21.6. The van der Waals surface area contributed by atoms with Crippen LogP contribution >= 0.6 is 11.8 Å². The Hall–Kier alpha value is -1.83. The van der Waals surface area contributed by atoms with Gasteiger partial charge < -0.3 is 10.4 Å². The van der Waals surface area contributed by atoms with Gasteiger partial charge in [-0.2, -0.15) is 11.8 Å². The molecule has 1 aromatic heterocycles. The van der Waals surface area contributed by atoms with Gasteiger partial charge in [-0.05, 0) is 31.6 Å². The third kappa shape index (κ3) is 3.19. The van der Waals surface area contributed by atoms with Crippen molar-refractivity contribution in [3.05, 3.63) is 27.9 Å². The van der Waals surface area contributed by atoms with Gasteiger partial charge in [0, 0.05) is 17.4 Å². The molecular formula is C12H15N3O4S. The summed E-state index contributed by atoms with van der Waals surface area (Å²) >= 11 is 1.78. The molecule has 8 heteroatoms. The van der Waals surface area contributed by atoms with Gasteiger partial charge in [-0.25, -0.2) is 9.78 Å². The van der Waals surface area contributed by atoms with E-state index in [1.165, 1.54) is 6.07 Å². The molecular weight excluding hydrogens is 282 g/mol. The molecule has 1 heterocycles. The van der Waals surface area contributed by atoms with Crippen molar-refractivity contribution in [1.82, 2.24) is 4.98 Å². The first-order chi connectivity index (χ1) is 9.51. The van der Waals surface area contributed by atoms with Crippen molar-refractivity contribution in [3.8, 4) is 0 Å². The number of nitrogens with one attached hydrogen (secondary N) is 1. The zero-order chi connectivity index (χ0) is 14.7. The molecule has 0 aliphatic heterocycles. The summed E-state index contributed by atoms with van der Waals surface area (Å²) in [7, 11) is 0. The molecule has 108 valence electrons. The van der Waals surface area contributed by atoms with E-state index in [2.05, 4.69) is 10.3 Å². The standard InChI is InChI=1S/C12H15N3O4S/c1-20-8-3-2-7(6-8)13-11-10(15(18)19)5-4-9(14-11)12(16)17/h4-5,7-8H,2-3,6H2,1H3,(H,13,14)(H,16,17). The molecule has 0 bridgehead atoms. The predicted molar refractivity (Wildman–Crippen MR) is 76.4 cm³/mol. The van der Waals surface area contributed by atoms with Crippen LogP contribution < -0.4 is 5.32 Å². The van der Waals surface area contributed by atoms with E-state index in [4.69, 9.17) is 5.11 Å². The Morgan fingerprint density at radius 3 is 2.85 bits per heavy atom. The second kappa shape index (κ2) is 6.08. The summed E-state index contributed by atoms with van der Waals surface area (Å²) in [5.74, 6) is -1.15. The van der Waals surface area contributed by atoms with Crippen LogP contribution in [0.2, 0.25) is 0 Å². The Morgan fingerprint density at radius 2 is 2.30 bits per heavy atom. The van der Waals surface area contributed by atoms with Crippen LogP contribution in [0.15, 0.2) is 12.1 Å². The van der Waals surface area contributed by atoms with Gasteiger partial charge in [0.1, 0.15) is 0 Å². The Morgan fingerprint density at radius 1 is 1.55 bits per heavy atom. The summed E-state index contributed by atoms with van der Waals surface area (Å²) in [6.07, 6.45) is 4.89. The summed E-state index contributed by atoms with van der Waals surface area (Å²) in [5.41, 5.74) is -0.389. The van der Waals surface area contributed by atoms with Crippen LogP contribution in [-0.4, -0.2) is 38.5 Å². The van der Waals surface area contributed by atoms with Crippen molar-refractivity contribution < 1.29 is 14.8 Å². The van der Waals surface area contributed by atoms with Crippen molar-refractivity contribution >= 4 is 29.2 Å². The van der Waals surface area contributed by atoms with Gasteiger partial charge in [0.2, 0.25) is 5.82 Å². The number of aromatic nitrogens is 1. The molecule has 2 unspecified atom stereocenters. The number of rotatable bonds is 5. The van der Waals surface area contributed by atoms with Crippen molar-refractivity contribution in [2.75, 3.05) is 11.6 Å². The summed E-state index contributed by atoms with van der Waals surface area (Å²) in [6.45, 7) is 0. The number of carboxylic acids is 1. The average Bonchev–Trinajstić information content (AvgIpc) is 2.86. The monoisotopic (exact) mass is 297 g/mol. The highest BCUT2D eigenvalue weighted by atomic mass is 32.2. The number of thioether (sulfide) groups is 1.